The van der Waals surface area contributed by atoms with Crippen LogP contribution in [0.25, 0.3) is 17.0 Å². The molecule has 2 amide bonds. The average molecular weight is 507 g/mol. The predicted octanol–water partition coefficient (Wildman–Crippen LogP) is 3.80. The summed E-state index contributed by atoms with van der Waals surface area (Å²) in [5.41, 5.74) is 2.89. The molecule has 8 nitrogen and oxygen atoms in total. The van der Waals surface area contributed by atoms with Gasteiger partial charge in [-0.25, -0.2) is 0 Å². The number of hydrogen-bond donors (Lipinski definition) is 1. The summed E-state index contributed by atoms with van der Waals surface area (Å²) in [4.78, 5) is 29.2. The molecule has 0 radical (unpaired) electrons. The first-order valence-corrected chi connectivity index (χ1v) is 12.3. The molecule has 2 heterocycles. The second-order valence-electron chi connectivity index (χ2n) is 8.36. The van der Waals surface area contributed by atoms with Crippen molar-refractivity contribution in [1.29, 1.82) is 0 Å². The lowest BCUT2D eigenvalue weighted by Gasteiger charge is -2.16. The van der Waals surface area contributed by atoms with Crippen LogP contribution < -0.4 is 15.0 Å². The average Bonchev–Trinajstić information content (AvgIpc) is 3.32. The van der Waals surface area contributed by atoms with Crippen LogP contribution in [0, 0.1) is 0 Å². The minimum atomic E-state index is -0.209. The number of rotatable bonds is 10. The van der Waals surface area contributed by atoms with E-state index in [1.54, 1.807) is 19.1 Å². The van der Waals surface area contributed by atoms with Crippen LogP contribution in [0.2, 0.25) is 0 Å². The SMILES string of the molecule is CCOc1ccc(N2C(=O)/C(=C/c3cn(CC(=O)NCCCOC)c4ccccc34)N(C)C2=S)cc1. The molecule has 0 bridgehead atoms. The molecule has 188 valence electrons. The van der Waals surface area contributed by atoms with E-state index >= 15 is 0 Å². The number of ether oxygens (including phenoxy) is 2. The molecule has 0 spiro atoms. The Labute approximate surface area is 216 Å². The second kappa shape index (κ2) is 11.4. The lowest BCUT2D eigenvalue weighted by atomic mass is 10.1. The highest BCUT2D eigenvalue weighted by molar-refractivity contribution is 7.80. The van der Waals surface area contributed by atoms with Gasteiger partial charge in [-0.3, -0.25) is 14.5 Å². The van der Waals surface area contributed by atoms with Gasteiger partial charge in [0.15, 0.2) is 5.11 Å². The Balaban J connectivity index is 1.60. The maximum Gasteiger partial charge on any atom is 0.281 e. The summed E-state index contributed by atoms with van der Waals surface area (Å²) < 4.78 is 12.4. The van der Waals surface area contributed by atoms with Gasteiger partial charge in [0.05, 0.1) is 12.3 Å². The molecule has 4 rings (SSSR count). The van der Waals surface area contributed by atoms with E-state index in [0.29, 0.717) is 36.3 Å². The maximum absolute atomic E-state index is 13.5. The third-order valence-corrected chi connectivity index (χ3v) is 6.40. The van der Waals surface area contributed by atoms with Crippen LogP contribution in [0.5, 0.6) is 5.75 Å². The summed E-state index contributed by atoms with van der Waals surface area (Å²) in [5.74, 6) is 0.445. The minimum absolute atomic E-state index is 0.0806. The number of aromatic nitrogens is 1. The topological polar surface area (TPSA) is 76.0 Å². The molecule has 2 aromatic carbocycles. The van der Waals surface area contributed by atoms with Gasteiger partial charge in [-0.1, -0.05) is 18.2 Å². The van der Waals surface area contributed by atoms with Gasteiger partial charge in [0.25, 0.3) is 5.91 Å². The Morgan fingerprint density at radius 2 is 1.89 bits per heavy atom. The Kier molecular flexibility index (Phi) is 8.02. The van der Waals surface area contributed by atoms with Gasteiger partial charge < -0.3 is 24.3 Å². The molecular formula is C27H30N4O4S. The third-order valence-electron chi connectivity index (χ3n) is 5.94. The van der Waals surface area contributed by atoms with Crippen molar-refractivity contribution in [1.82, 2.24) is 14.8 Å². The maximum atomic E-state index is 13.5. The Morgan fingerprint density at radius 3 is 2.61 bits per heavy atom. The molecule has 3 aromatic rings. The number of fused-ring (bicyclic) bond motifs is 1. The first-order chi connectivity index (χ1) is 17.4. The number of likely N-dealkylation sites (N-methyl/N-ethyl adjacent to an activating group) is 1. The van der Waals surface area contributed by atoms with Crippen molar-refractivity contribution in [2.75, 3.05) is 38.8 Å². The van der Waals surface area contributed by atoms with E-state index in [4.69, 9.17) is 21.7 Å². The van der Waals surface area contributed by atoms with Crippen LogP contribution in [0.3, 0.4) is 0 Å². The number of nitrogens with one attached hydrogen (secondary N) is 1. The molecular weight excluding hydrogens is 476 g/mol. The van der Waals surface area contributed by atoms with Crippen molar-refractivity contribution in [3.63, 3.8) is 0 Å². The van der Waals surface area contributed by atoms with Crippen LogP contribution in [-0.2, 0) is 20.9 Å². The lowest BCUT2D eigenvalue weighted by molar-refractivity contribution is -0.121. The number of carbonyl (C=O) groups is 2. The monoisotopic (exact) mass is 506 g/mol. The van der Waals surface area contributed by atoms with Gasteiger partial charge >= 0.3 is 0 Å². The van der Waals surface area contributed by atoms with E-state index in [2.05, 4.69) is 5.32 Å². The molecule has 9 heteroatoms. The molecule has 1 saturated heterocycles. The number of amides is 2. The van der Waals surface area contributed by atoms with E-state index in [-0.39, 0.29) is 18.4 Å². The largest absolute Gasteiger partial charge is 0.494 e. The van der Waals surface area contributed by atoms with Crippen molar-refractivity contribution in [3.05, 3.63) is 66.0 Å². The highest BCUT2D eigenvalue weighted by Gasteiger charge is 2.37. The number of carbonyl (C=O) groups excluding carboxylic acids is 2. The van der Waals surface area contributed by atoms with Crippen molar-refractivity contribution in [2.45, 2.75) is 19.9 Å². The van der Waals surface area contributed by atoms with Crippen LogP contribution >= 0.6 is 12.2 Å². The minimum Gasteiger partial charge on any atom is -0.494 e. The van der Waals surface area contributed by atoms with E-state index in [1.807, 2.05) is 72.3 Å². The molecule has 36 heavy (non-hydrogen) atoms. The molecule has 0 unspecified atom stereocenters. The molecule has 0 saturated carbocycles. The molecule has 1 N–H and O–H groups in total. The van der Waals surface area contributed by atoms with E-state index in [0.717, 1.165) is 28.6 Å². The molecule has 1 aliphatic heterocycles. The van der Waals surface area contributed by atoms with Gasteiger partial charge in [0, 0.05) is 50.0 Å². The Bertz CT molecular complexity index is 1300. The van der Waals surface area contributed by atoms with E-state index in [1.165, 1.54) is 4.90 Å². The number of nitrogens with zero attached hydrogens (tertiary/aromatic N) is 3. The zero-order valence-corrected chi connectivity index (χ0v) is 21.5. The number of hydrogen-bond acceptors (Lipinski definition) is 5. The van der Waals surface area contributed by atoms with Crippen molar-refractivity contribution in [2.24, 2.45) is 0 Å². The summed E-state index contributed by atoms with van der Waals surface area (Å²) in [6, 6.07) is 15.1. The Morgan fingerprint density at radius 1 is 1.14 bits per heavy atom. The third kappa shape index (κ3) is 5.27. The molecule has 1 aromatic heterocycles. The van der Waals surface area contributed by atoms with Crippen molar-refractivity contribution < 1.29 is 19.1 Å². The fourth-order valence-electron chi connectivity index (χ4n) is 4.17. The highest BCUT2D eigenvalue weighted by Crippen LogP contribution is 2.31. The molecule has 1 aliphatic rings. The first kappa shape index (κ1) is 25.4. The van der Waals surface area contributed by atoms with Gasteiger partial charge in [-0.2, -0.15) is 0 Å². The van der Waals surface area contributed by atoms with E-state index < -0.39 is 0 Å². The zero-order valence-electron chi connectivity index (χ0n) is 20.7. The summed E-state index contributed by atoms with van der Waals surface area (Å²) in [6.45, 7) is 3.82. The normalized spacial score (nSPS) is 14.8. The van der Waals surface area contributed by atoms with Crippen LogP contribution in [0.4, 0.5) is 5.69 Å². The van der Waals surface area contributed by atoms with Crippen molar-refractivity contribution >= 4 is 51.8 Å². The second-order valence-corrected chi connectivity index (χ2v) is 8.73. The molecule has 0 atom stereocenters. The number of anilines is 1. The van der Waals surface area contributed by atoms with Gasteiger partial charge in [0.2, 0.25) is 5.91 Å². The molecule has 1 fully saturated rings. The quantitative estimate of drug-likeness (QED) is 0.256. The number of thiocarbonyl (C=S) groups is 1. The smallest absolute Gasteiger partial charge is 0.281 e. The number of para-hydroxylation sites is 1. The highest BCUT2D eigenvalue weighted by atomic mass is 32.1. The fraction of sp³-hybridized carbons (Fsp3) is 0.296. The summed E-state index contributed by atoms with van der Waals surface area (Å²) in [5, 5.41) is 4.26. The van der Waals surface area contributed by atoms with Gasteiger partial charge in [-0.15, -0.1) is 0 Å². The fourth-order valence-corrected chi connectivity index (χ4v) is 4.45. The number of benzene rings is 2. The standard InChI is InChI=1S/C27H30N4O4S/c1-4-35-21-12-10-20(11-13-21)31-26(33)24(29(2)27(31)36)16-19-17-30(23-9-6-5-8-22(19)23)18-25(32)28-14-7-15-34-3/h5-6,8-13,16-17H,4,7,14-15,18H2,1-3H3,(H,28,32)/b24-16-. The first-order valence-electron chi connectivity index (χ1n) is 11.8. The van der Waals surface area contributed by atoms with Gasteiger partial charge in [-0.05, 0) is 62.0 Å². The summed E-state index contributed by atoms with van der Waals surface area (Å²) >= 11 is 5.61. The van der Waals surface area contributed by atoms with Gasteiger partial charge in [0.1, 0.15) is 18.0 Å². The van der Waals surface area contributed by atoms with Crippen LogP contribution in [-0.4, -0.2) is 60.3 Å². The predicted molar refractivity (Wildman–Crippen MR) is 145 cm³/mol. The lowest BCUT2D eigenvalue weighted by Crippen LogP contribution is -2.31. The van der Waals surface area contributed by atoms with E-state index in [9.17, 15) is 9.59 Å². The van der Waals surface area contributed by atoms with Crippen LogP contribution in [0.15, 0.2) is 60.4 Å². The Hall–Kier alpha value is -3.69. The number of methoxy groups -OCH3 is 1. The van der Waals surface area contributed by atoms with Crippen molar-refractivity contribution in [3.8, 4) is 5.75 Å². The zero-order chi connectivity index (χ0) is 25.7. The van der Waals surface area contributed by atoms with Crippen LogP contribution in [0.1, 0.15) is 18.9 Å². The summed E-state index contributed by atoms with van der Waals surface area (Å²) in [6.07, 6.45) is 4.49. The summed E-state index contributed by atoms with van der Waals surface area (Å²) in [7, 11) is 3.42. The molecule has 0 aliphatic carbocycles.